The topological polar surface area (TPSA) is 57.5 Å². The predicted molar refractivity (Wildman–Crippen MR) is 70.1 cm³/mol. The lowest BCUT2D eigenvalue weighted by Crippen LogP contribution is -2.43. The molecule has 0 aromatic rings. The van der Waals surface area contributed by atoms with Crippen molar-refractivity contribution in [2.45, 2.75) is 52.6 Å². The zero-order chi connectivity index (χ0) is 13.5. The molecule has 1 unspecified atom stereocenters. The quantitative estimate of drug-likeness (QED) is 0.743. The first kappa shape index (κ1) is 13.6. The van der Waals surface area contributed by atoms with Crippen LogP contribution in [-0.4, -0.2) is 22.3 Å². The first-order valence-electron chi connectivity index (χ1n) is 6.96. The minimum Gasteiger partial charge on any atom is -0.481 e. The van der Waals surface area contributed by atoms with Crippen molar-refractivity contribution in [3.63, 3.8) is 0 Å². The lowest BCUT2D eigenvalue weighted by Gasteiger charge is -2.44. The Hall–Kier alpha value is -0.830. The number of carbonyl (C=O) groups is 1. The molecule has 102 valence electrons. The number of hydrogen-bond acceptors (Lipinski definition) is 2. The van der Waals surface area contributed by atoms with Crippen LogP contribution in [0.25, 0.3) is 0 Å². The molecule has 0 aromatic heterocycles. The predicted octanol–water partition coefficient (Wildman–Crippen LogP) is 2.84. The van der Waals surface area contributed by atoms with Crippen LogP contribution in [0.2, 0.25) is 0 Å². The van der Waals surface area contributed by atoms with Crippen molar-refractivity contribution in [2.75, 3.05) is 0 Å². The lowest BCUT2D eigenvalue weighted by atomic mass is 9.60. The monoisotopic (exact) mass is 252 g/mol. The molecule has 2 rings (SSSR count). The summed E-state index contributed by atoms with van der Waals surface area (Å²) in [6.45, 7) is 6.29. The third-order valence-corrected chi connectivity index (χ3v) is 5.20. The summed E-state index contributed by atoms with van der Waals surface area (Å²) in [5.41, 5.74) is 0.776. The number of rotatable bonds is 2. The van der Waals surface area contributed by atoms with Crippen molar-refractivity contribution in [1.29, 1.82) is 0 Å². The van der Waals surface area contributed by atoms with Crippen LogP contribution < -0.4 is 0 Å². The fraction of sp³-hybridized carbons (Fsp3) is 0.800. The molecule has 4 atom stereocenters. The zero-order valence-electron chi connectivity index (χ0n) is 11.5. The third kappa shape index (κ3) is 1.99. The molecule has 0 saturated heterocycles. The molecule has 0 aromatic carbocycles. The van der Waals surface area contributed by atoms with Gasteiger partial charge in [0.2, 0.25) is 0 Å². The Bertz CT molecular complexity index is 372. The Morgan fingerprint density at radius 3 is 2.61 bits per heavy atom. The second-order valence-electron chi connectivity index (χ2n) is 6.42. The average molecular weight is 252 g/mol. The molecule has 18 heavy (non-hydrogen) atoms. The highest BCUT2D eigenvalue weighted by atomic mass is 16.4. The summed E-state index contributed by atoms with van der Waals surface area (Å²) in [6, 6.07) is 0. The van der Waals surface area contributed by atoms with Crippen LogP contribution in [0.4, 0.5) is 0 Å². The van der Waals surface area contributed by atoms with E-state index >= 15 is 0 Å². The first-order valence-corrected chi connectivity index (χ1v) is 6.96. The second-order valence-corrected chi connectivity index (χ2v) is 6.42. The van der Waals surface area contributed by atoms with Crippen LogP contribution in [-0.2, 0) is 4.79 Å². The van der Waals surface area contributed by atoms with Gasteiger partial charge in [-0.25, -0.2) is 0 Å². The first-order chi connectivity index (χ1) is 8.38. The summed E-state index contributed by atoms with van der Waals surface area (Å²) in [7, 11) is 0. The van der Waals surface area contributed by atoms with Crippen molar-refractivity contribution in [3.05, 3.63) is 11.6 Å². The molecule has 1 spiro atoms. The van der Waals surface area contributed by atoms with Gasteiger partial charge >= 0.3 is 5.97 Å². The van der Waals surface area contributed by atoms with Gasteiger partial charge in [-0.05, 0) is 55.4 Å². The van der Waals surface area contributed by atoms with Gasteiger partial charge < -0.3 is 10.2 Å². The molecule has 2 aliphatic rings. The maximum Gasteiger partial charge on any atom is 0.307 e. The fourth-order valence-electron chi connectivity index (χ4n) is 4.22. The van der Waals surface area contributed by atoms with E-state index in [0.29, 0.717) is 18.3 Å². The van der Waals surface area contributed by atoms with Crippen LogP contribution in [0, 0.1) is 23.2 Å². The van der Waals surface area contributed by atoms with Crippen molar-refractivity contribution >= 4 is 5.97 Å². The van der Waals surface area contributed by atoms with E-state index < -0.39 is 12.1 Å². The molecule has 3 heteroatoms. The van der Waals surface area contributed by atoms with Crippen LogP contribution >= 0.6 is 0 Å². The smallest absolute Gasteiger partial charge is 0.307 e. The molecule has 3 nitrogen and oxygen atoms in total. The minimum absolute atomic E-state index is 0.223. The Labute approximate surface area is 109 Å². The lowest BCUT2D eigenvalue weighted by molar-refractivity contribution is -0.147. The Morgan fingerprint density at radius 1 is 1.44 bits per heavy atom. The molecular weight excluding hydrogens is 228 g/mol. The number of aliphatic carboxylic acids is 1. The standard InChI is InChI=1S/C15H24O3/c1-9(2)11-4-5-12(14(17)18)15(11)7-6-10(3)13(16)8-15/h6,9,11-13,16H,4-5,7-8H2,1-3H3,(H,17,18)/t11-,12+,13-,15?/m0/s1. The van der Waals surface area contributed by atoms with Gasteiger partial charge in [0.25, 0.3) is 0 Å². The van der Waals surface area contributed by atoms with Gasteiger partial charge in [-0.3, -0.25) is 4.79 Å². The van der Waals surface area contributed by atoms with Crippen LogP contribution in [0.1, 0.15) is 46.5 Å². The van der Waals surface area contributed by atoms with Gasteiger partial charge in [-0.1, -0.05) is 19.9 Å². The highest BCUT2D eigenvalue weighted by molar-refractivity contribution is 5.72. The van der Waals surface area contributed by atoms with E-state index in [0.717, 1.165) is 24.8 Å². The molecule has 2 aliphatic carbocycles. The van der Waals surface area contributed by atoms with Crippen molar-refractivity contribution in [3.8, 4) is 0 Å². The minimum atomic E-state index is -0.682. The van der Waals surface area contributed by atoms with Gasteiger partial charge in [-0.2, -0.15) is 0 Å². The van der Waals surface area contributed by atoms with Gasteiger partial charge in [0.15, 0.2) is 0 Å². The summed E-state index contributed by atoms with van der Waals surface area (Å²) >= 11 is 0. The normalized spacial score (nSPS) is 40.3. The van der Waals surface area contributed by atoms with Crippen LogP contribution in [0.3, 0.4) is 0 Å². The molecule has 0 aliphatic heterocycles. The second kappa shape index (κ2) is 4.69. The molecule has 0 bridgehead atoms. The molecule has 1 saturated carbocycles. The van der Waals surface area contributed by atoms with E-state index in [1.807, 2.05) is 6.92 Å². The van der Waals surface area contributed by atoms with E-state index in [2.05, 4.69) is 19.9 Å². The van der Waals surface area contributed by atoms with Crippen LogP contribution in [0.5, 0.6) is 0 Å². The highest BCUT2D eigenvalue weighted by Gasteiger charge is 2.55. The molecule has 0 amide bonds. The number of aliphatic hydroxyl groups excluding tert-OH is 1. The van der Waals surface area contributed by atoms with Crippen molar-refractivity contribution < 1.29 is 15.0 Å². The van der Waals surface area contributed by atoms with Crippen LogP contribution in [0.15, 0.2) is 11.6 Å². The molecule has 0 heterocycles. The van der Waals surface area contributed by atoms with E-state index in [4.69, 9.17) is 0 Å². The molecular formula is C15H24O3. The van der Waals surface area contributed by atoms with Gasteiger partial charge in [0.05, 0.1) is 12.0 Å². The fourth-order valence-corrected chi connectivity index (χ4v) is 4.22. The summed E-state index contributed by atoms with van der Waals surface area (Å²) in [6.07, 6.45) is 4.78. The van der Waals surface area contributed by atoms with Crippen molar-refractivity contribution in [2.24, 2.45) is 23.2 Å². The molecule has 1 fully saturated rings. The number of allylic oxidation sites excluding steroid dienone is 1. The van der Waals surface area contributed by atoms with E-state index in [-0.39, 0.29) is 11.3 Å². The molecule has 2 N–H and O–H groups in total. The number of carboxylic acid groups (broad SMARTS) is 1. The van der Waals surface area contributed by atoms with E-state index in [1.54, 1.807) is 0 Å². The number of carboxylic acids is 1. The van der Waals surface area contributed by atoms with E-state index in [1.165, 1.54) is 0 Å². The van der Waals surface area contributed by atoms with Gasteiger partial charge in [0.1, 0.15) is 0 Å². The third-order valence-electron chi connectivity index (χ3n) is 5.20. The van der Waals surface area contributed by atoms with Crippen molar-refractivity contribution in [1.82, 2.24) is 0 Å². The maximum absolute atomic E-state index is 11.5. The SMILES string of the molecule is CC1=CCC2(C[C@@H]1O)[C@@H](C(=O)O)CC[C@H]2C(C)C. The zero-order valence-corrected chi connectivity index (χ0v) is 11.5. The van der Waals surface area contributed by atoms with E-state index in [9.17, 15) is 15.0 Å². The number of hydrogen-bond donors (Lipinski definition) is 2. The largest absolute Gasteiger partial charge is 0.481 e. The average Bonchev–Trinajstić information content (AvgIpc) is 2.63. The maximum atomic E-state index is 11.5. The summed E-state index contributed by atoms with van der Waals surface area (Å²) in [5.74, 6) is -0.0758. The summed E-state index contributed by atoms with van der Waals surface area (Å²) in [4.78, 5) is 11.5. The summed E-state index contributed by atoms with van der Waals surface area (Å²) in [5, 5.41) is 19.6. The number of aliphatic hydroxyl groups is 1. The molecule has 0 radical (unpaired) electrons. The Balaban J connectivity index is 2.37. The highest BCUT2D eigenvalue weighted by Crippen LogP contribution is 2.58. The summed E-state index contributed by atoms with van der Waals surface area (Å²) < 4.78 is 0. The Morgan fingerprint density at radius 2 is 2.11 bits per heavy atom. The Kier molecular flexibility index (Phi) is 3.54. The van der Waals surface area contributed by atoms with Gasteiger partial charge in [-0.15, -0.1) is 0 Å². The van der Waals surface area contributed by atoms with Gasteiger partial charge in [0, 0.05) is 0 Å².